The van der Waals surface area contributed by atoms with E-state index in [9.17, 15) is 8.42 Å². The van der Waals surface area contributed by atoms with E-state index in [0.29, 0.717) is 6.26 Å². The highest BCUT2D eigenvalue weighted by molar-refractivity contribution is 7.85. The molecule has 1 unspecified atom stereocenters. The summed E-state index contributed by atoms with van der Waals surface area (Å²) >= 11 is 0. The Hall–Kier alpha value is -0.910. The second-order valence-corrected chi connectivity index (χ2v) is 5.07. The predicted molar refractivity (Wildman–Crippen MR) is 63.9 cm³/mol. The van der Waals surface area contributed by atoms with Crippen LogP contribution < -0.4 is 0 Å². The molecule has 0 heterocycles. The van der Waals surface area contributed by atoms with Gasteiger partial charge in [-0.25, -0.2) is 0 Å². The van der Waals surface area contributed by atoms with Gasteiger partial charge in [-0.1, -0.05) is 30.3 Å². The predicted octanol–water partition coefficient (Wildman–Crippen LogP) is 1.50. The van der Waals surface area contributed by atoms with Gasteiger partial charge in [-0.05, 0) is 25.3 Å². The molecule has 92 valence electrons. The van der Waals surface area contributed by atoms with Crippen molar-refractivity contribution in [3.05, 3.63) is 35.9 Å². The van der Waals surface area contributed by atoms with Gasteiger partial charge in [-0.2, -0.15) is 8.42 Å². The molecule has 1 aromatic carbocycles. The van der Waals surface area contributed by atoms with Gasteiger partial charge in [0.15, 0.2) is 0 Å². The first kappa shape index (κ1) is 15.1. The van der Waals surface area contributed by atoms with Crippen LogP contribution >= 0.6 is 0 Å². The first-order chi connectivity index (χ1) is 7.29. The normalized spacial score (nSPS) is 12.5. The number of benzene rings is 1. The van der Waals surface area contributed by atoms with Gasteiger partial charge >= 0.3 is 0 Å². The van der Waals surface area contributed by atoms with Crippen molar-refractivity contribution in [3.8, 4) is 0 Å². The molecule has 2 N–H and O–H groups in total. The smallest absolute Gasteiger partial charge is 0.261 e. The lowest BCUT2D eigenvalue weighted by atomic mass is 10.1. The fraction of sp³-hybridized carbons (Fsp3) is 0.455. The van der Waals surface area contributed by atoms with Crippen LogP contribution in [0.3, 0.4) is 0 Å². The maximum Gasteiger partial charge on any atom is 0.261 e. The first-order valence-corrected chi connectivity index (χ1v) is 6.78. The Morgan fingerprint density at radius 1 is 1.25 bits per heavy atom. The van der Waals surface area contributed by atoms with Gasteiger partial charge in [0.2, 0.25) is 0 Å². The maximum absolute atomic E-state index is 9.19. The molecule has 0 bridgehead atoms. The fourth-order valence-corrected chi connectivity index (χ4v) is 1.02. The monoisotopic (exact) mass is 246 g/mol. The van der Waals surface area contributed by atoms with Gasteiger partial charge in [0.25, 0.3) is 10.1 Å². The van der Waals surface area contributed by atoms with Gasteiger partial charge in [0.1, 0.15) is 0 Å². The molecule has 0 spiro atoms. The summed E-state index contributed by atoms with van der Waals surface area (Å²) in [6.45, 7) is 1.82. The van der Waals surface area contributed by atoms with Crippen LogP contribution in [0, 0.1) is 0 Å². The van der Waals surface area contributed by atoms with Gasteiger partial charge in [-0.3, -0.25) is 4.55 Å². The number of rotatable bonds is 3. The molecular weight excluding hydrogens is 228 g/mol. The molecule has 0 saturated heterocycles. The van der Waals surface area contributed by atoms with Crippen LogP contribution in [0.25, 0.3) is 0 Å². The Labute approximate surface area is 96.7 Å². The molecule has 0 aliphatic rings. The summed E-state index contributed by atoms with van der Waals surface area (Å²) in [6, 6.07) is 10.2. The molecular formula is C11H18O4S. The highest BCUT2D eigenvalue weighted by atomic mass is 32.2. The zero-order valence-electron chi connectivity index (χ0n) is 9.50. The third kappa shape index (κ3) is 13.1. The molecule has 0 fully saturated rings. The Balaban J connectivity index is 0.000000385. The lowest BCUT2D eigenvalue weighted by Crippen LogP contribution is -2.00. The first-order valence-electron chi connectivity index (χ1n) is 4.93. The molecule has 4 nitrogen and oxygen atoms in total. The molecule has 16 heavy (non-hydrogen) atoms. The number of aliphatic hydroxyl groups is 1. The van der Waals surface area contributed by atoms with Crippen LogP contribution in [0.4, 0.5) is 0 Å². The summed E-state index contributed by atoms with van der Waals surface area (Å²) in [5, 5.41) is 9.01. The van der Waals surface area contributed by atoms with Crippen molar-refractivity contribution in [1.82, 2.24) is 0 Å². The third-order valence-electron chi connectivity index (χ3n) is 1.69. The second kappa shape index (κ2) is 7.38. The minimum atomic E-state index is -3.67. The Bertz CT molecular complexity index is 362. The Kier molecular flexibility index (Phi) is 6.96. The second-order valence-electron chi connectivity index (χ2n) is 3.61. The summed E-state index contributed by atoms with van der Waals surface area (Å²) in [6.07, 6.45) is 2.35. The van der Waals surface area contributed by atoms with E-state index >= 15 is 0 Å². The van der Waals surface area contributed by atoms with Crippen LogP contribution in [0.2, 0.25) is 0 Å². The van der Waals surface area contributed by atoms with Gasteiger partial charge in [0, 0.05) is 0 Å². The molecule has 0 amide bonds. The highest BCUT2D eigenvalue weighted by Gasteiger charge is 1.95. The van der Waals surface area contributed by atoms with E-state index in [1.807, 2.05) is 25.1 Å². The van der Waals surface area contributed by atoms with Crippen LogP contribution in [0.15, 0.2) is 30.3 Å². The van der Waals surface area contributed by atoms with E-state index in [1.165, 1.54) is 5.56 Å². The average molecular weight is 246 g/mol. The molecule has 1 rings (SSSR count). The van der Waals surface area contributed by atoms with Crippen LogP contribution in [-0.2, 0) is 16.5 Å². The van der Waals surface area contributed by atoms with Crippen molar-refractivity contribution in [2.45, 2.75) is 25.9 Å². The fourth-order valence-electron chi connectivity index (χ4n) is 1.02. The minimum Gasteiger partial charge on any atom is -0.393 e. The van der Waals surface area contributed by atoms with Crippen molar-refractivity contribution >= 4 is 10.1 Å². The molecule has 0 aromatic heterocycles. The van der Waals surface area contributed by atoms with Crippen LogP contribution in [-0.4, -0.2) is 30.4 Å². The van der Waals surface area contributed by atoms with E-state index in [2.05, 4.69) is 12.1 Å². The van der Waals surface area contributed by atoms with E-state index in [1.54, 1.807) is 0 Å². The van der Waals surface area contributed by atoms with E-state index in [-0.39, 0.29) is 6.10 Å². The Morgan fingerprint density at radius 3 is 2.06 bits per heavy atom. The van der Waals surface area contributed by atoms with Gasteiger partial charge in [-0.15, -0.1) is 0 Å². The number of hydrogen-bond acceptors (Lipinski definition) is 3. The van der Waals surface area contributed by atoms with Gasteiger partial charge < -0.3 is 5.11 Å². The highest BCUT2D eigenvalue weighted by Crippen LogP contribution is 2.03. The zero-order chi connectivity index (χ0) is 12.6. The van der Waals surface area contributed by atoms with Crippen molar-refractivity contribution in [2.24, 2.45) is 0 Å². The SMILES string of the molecule is CC(O)CCc1ccccc1.CS(=O)(=O)O. The third-order valence-corrected chi connectivity index (χ3v) is 1.69. The van der Waals surface area contributed by atoms with E-state index in [4.69, 9.17) is 9.66 Å². The minimum absolute atomic E-state index is 0.185. The van der Waals surface area contributed by atoms with Crippen molar-refractivity contribution in [2.75, 3.05) is 6.26 Å². The summed E-state index contributed by atoms with van der Waals surface area (Å²) < 4.78 is 25.9. The quantitative estimate of drug-likeness (QED) is 0.793. The molecule has 1 aromatic rings. The lowest BCUT2D eigenvalue weighted by Gasteiger charge is -2.02. The average Bonchev–Trinajstić information content (AvgIpc) is 2.14. The molecule has 0 aliphatic heterocycles. The zero-order valence-corrected chi connectivity index (χ0v) is 10.3. The van der Waals surface area contributed by atoms with Crippen LogP contribution in [0.1, 0.15) is 18.9 Å². The topological polar surface area (TPSA) is 74.6 Å². The molecule has 0 aliphatic carbocycles. The van der Waals surface area contributed by atoms with Crippen molar-refractivity contribution < 1.29 is 18.1 Å². The van der Waals surface area contributed by atoms with Gasteiger partial charge in [0.05, 0.1) is 12.4 Å². The molecule has 1 atom stereocenters. The molecule has 0 saturated carbocycles. The standard InChI is InChI=1S/C10H14O.CH4O3S/c1-9(11)7-8-10-5-3-2-4-6-10;1-5(2,3)4/h2-6,9,11H,7-8H2,1H3;1H3,(H,2,3,4). The summed E-state index contributed by atoms with van der Waals surface area (Å²) in [5.41, 5.74) is 1.30. The maximum atomic E-state index is 9.19. The van der Waals surface area contributed by atoms with Crippen LogP contribution in [0.5, 0.6) is 0 Å². The Morgan fingerprint density at radius 2 is 1.69 bits per heavy atom. The van der Waals surface area contributed by atoms with Crippen molar-refractivity contribution in [3.63, 3.8) is 0 Å². The van der Waals surface area contributed by atoms with E-state index in [0.717, 1.165) is 12.8 Å². The van der Waals surface area contributed by atoms with Crippen molar-refractivity contribution in [1.29, 1.82) is 0 Å². The largest absolute Gasteiger partial charge is 0.393 e. The lowest BCUT2D eigenvalue weighted by molar-refractivity contribution is 0.185. The molecule has 0 radical (unpaired) electrons. The number of aliphatic hydroxyl groups excluding tert-OH is 1. The summed E-state index contributed by atoms with van der Waals surface area (Å²) in [7, 11) is -3.67. The molecule has 5 heteroatoms. The van der Waals surface area contributed by atoms with E-state index < -0.39 is 10.1 Å². The number of aryl methyl sites for hydroxylation is 1. The summed E-state index contributed by atoms with van der Waals surface area (Å²) in [5.74, 6) is 0. The summed E-state index contributed by atoms with van der Waals surface area (Å²) in [4.78, 5) is 0. The number of hydrogen-bond donors (Lipinski definition) is 2.